The molecule has 0 bridgehead atoms. The highest BCUT2D eigenvalue weighted by molar-refractivity contribution is 7.71. The van der Waals surface area contributed by atoms with Crippen LogP contribution in [0.25, 0.3) is 0 Å². The van der Waals surface area contributed by atoms with Gasteiger partial charge in [0.2, 0.25) is 0 Å². The van der Waals surface area contributed by atoms with Gasteiger partial charge in [0.25, 0.3) is 0 Å². The summed E-state index contributed by atoms with van der Waals surface area (Å²) >= 11 is 5.14. The van der Waals surface area contributed by atoms with Crippen molar-refractivity contribution in [2.75, 3.05) is 11.9 Å². The van der Waals surface area contributed by atoms with Crippen LogP contribution in [-0.4, -0.2) is 22.1 Å². The quantitative estimate of drug-likeness (QED) is 0.655. The second-order valence-corrected chi connectivity index (χ2v) is 5.54. The van der Waals surface area contributed by atoms with Crippen LogP contribution in [0.1, 0.15) is 32.0 Å². The van der Waals surface area contributed by atoms with E-state index in [9.17, 15) is 0 Å². The first kappa shape index (κ1) is 11.5. The van der Waals surface area contributed by atoms with Crippen LogP contribution in [-0.2, 0) is 13.0 Å². The molecule has 4 nitrogen and oxygen atoms in total. The number of aromatic nitrogens is 2. The number of fused-ring (bicyclic) bond motifs is 1. The van der Waals surface area contributed by atoms with Crippen molar-refractivity contribution in [2.45, 2.75) is 39.3 Å². The summed E-state index contributed by atoms with van der Waals surface area (Å²) in [7, 11) is 0. The molecule has 0 saturated heterocycles. The van der Waals surface area contributed by atoms with Gasteiger partial charge < -0.3 is 15.6 Å². The van der Waals surface area contributed by atoms with Crippen molar-refractivity contribution in [3.8, 4) is 0 Å². The molecular weight excluding hydrogens is 220 g/mol. The maximum atomic E-state index is 5.14. The van der Waals surface area contributed by atoms with Crippen LogP contribution in [0.15, 0.2) is 0 Å². The molecule has 2 heterocycles. The van der Waals surface area contributed by atoms with Gasteiger partial charge in [-0.15, -0.1) is 0 Å². The molecule has 0 unspecified atom stereocenters. The summed E-state index contributed by atoms with van der Waals surface area (Å²) in [6.07, 6.45) is 0.993. The van der Waals surface area contributed by atoms with Crippen molar-refractivity contribution < 1.29 is 0 Å². The molecule has 0 spiro atoms. The van der Waals surface area contributed by atoms with Crippen molar-refractivity contribution in [3.63, 3.8) is 0 Å². The molecule has 3 N–H and O–H groups in total. The second-order valence-electron chi connectivity index (χ2n) is 5.15. The lowest BCUT2D eigenvalue weighted by Gasteiger charge is -2.26. The number of aromatic amines is 1. The maximum Gasteiger partial charge on any atom is 0.199 e. The summed E-state index contributed by atoms with van der Waals surface area (Å²) in [4.78, 5) is 7.55. The first-order valence-electron chi connectivity index (χ1n) is 5.57. The predicted octanol–water partition coefficient (Wildman–Crippen LogP) is 2.00. The Balaban J connectivity index is 2.43. The van der Waals surface area contributed by atoms with E-state index in [-0.39, 0.29) is 5.54 Å². The lowest BCUT2D eigenvalue weighted by atomic mass is 10.0. The maximum absolute atomic E-state index is 5.14. The van der Waals surface area contributed by atoms with Gasteiger partial charge in [-0.1, -0.05) is 0 Å². The van der Waals surface area contributed by atoms with E-state index in [0.717, 1.165) is 31.0 Å². The van der Waals surface area contributed by atoms with E-state index in [1.807, 2.05) is 0 Å². The number of anilines is 1. The van der Waals surface area contributed by atoms with Crippen molar-refractivity contribution in [1.82, 2.24) is 15.3 Å². The van der Waals surface area contributed by atoms with E-state index < -0.39 is 0 Å². The number of rotatable bonds is 1. The van der Waals surface area contributed by atoms with Crippen molar-refractivity contribution in [1.29, 1.82) is 0 Å². The Bertz CT molecular complexity index is 444. The van der Waals surface area contributed by atoms with Crippen LogP contribution in [0.4, 0.5) is 5.82 Å². The second kappa shape index (κ2) is 4.14. The molecule has 0 saturated carbocycles. The molecule has 1 aromatic rings. The van der Waals surface area contributed by atoms with Crippen molar-refractivity contribution >= 4 is 18.0 Å². The molecule has 0 fully saturated rings. The SMILES string of the molecule is CC(C)(C)Nc1nc(=S)[nH]c2c1CCNC2. The fraction of sp³-hybridized carbons (Fsp3) is 0.636. The first-order valence-corrected chi connectivity index (χ1v) is 5.97. The zero-order valence-corrected chi connectivity index (χ0v) is 10.8. The summed E-state index contributed by atoms with van der Waals surface area (Å²) in [6, 6.07) is 0. The molecule has 1 aromatic heterocycles. The van der Waals surface area contributed by atoms with Gasteiger partial charge in [0, 0.05) is 23.3 Å². The van der Waals surface area contributed by atoms with E-state index in [0.29, 0.717) is 4.77 Å². The summed E-state index contributed by atoms with van der Waals surface area (Å²) in [5.74, 6) is 0.938. The van der Waals surface area contributed by atoms with Crippen LogP contribution >= 0.6 is 12.2 Å². The Labute approximate surface area is 101 Å². The van der Waals surface area contributed by atoms with Crippen LogP contribution in [0.3, 0.4) is 0 Å². The third kappa shape index (κ3) is 2.59. The zero-order valence-electron chi connectivity index (χ0n) is 9.98. The van der Waals surface area contributed by atoms with E-state index in [1.54, 1.807) is 0 Å². The minimum Gasteiger partial charge on any atom is -0.365 e. The Kier molecular flexibility index (Phi) is 2.99. The molecule has 5 heteroatoms. The van der Waals surface area contributed by atoms with Crippen LogP contribution in [0.5, 0.6) is 0 Å². The third-order valence-corrected chi connectivity index (χ3v) is 2.66. The first-order chi connectivity index (χ1) is 7.46. The molecule has 0 atom stereocenters. The highest BCUT2D eigenvalue weighted by Crippen LogP contribution is 2.22. The number of hydrogen-bond acceptors (Lipinski definition) is 4. The highest BCUT2D eigenvalue weighted by atomic mass is 32.1. The molecule has 0 radical (unpaired) electrons. The molecule has 88 valence electrons. The zero-order chi connectivity index (χ0) is 11.8. The third-order valence-electron chi connectivity index (χ3n) is 2.47. The largest absolute Gasteiger partial charge is 0.365 e. The van der Waals surface area contributed by atoms with Gasteiger partial charge in [-0.3, -0.25) is 0 Å². The minimum atomic E-state index is 0.00870. The van der Waals surface area contributed by atoms with Gasteiger partial charge in [-0.05, 0) is 46.0 Å². The Morgan fingerprint density at radius 1 is 1.38 bits per heavy atom. The fourth-order valence-corrected chi connectivity index (χ4v) is 2.06. The minimum absolute atomic E-state index is 0.00870. The molecule has 0 amide bonds. The smallest absolute Gasteiger partial charge is 0.199 e. The molecule has 1 aliphatic rings. The lowest BCUT2D eigenvalue weighted by Crippen LogP contribution is -2.31. The Morgan fingerprint density at radius 3 is 2.81 bits per heavy atom. The molecular formula is C11H18N4S. The number of H-pyrrole nitrogens is 1. The van der Waals surface area contributed by atoms with Gasteiger partial charge in [-0.2, -0.15) is 0 Å². The van der Waals surface area contributed by atoms with Gasteiger partial charge >= 0.3 is 0 Å². The molecule has 1 aliphatic heterocycles. The lowest BCUT2D eigenvalue weighted by molar-refractivity contribution is 0.604. The fourth-order valence-electron chi connectivity index (χ4n) is 1.85. The normalized spacial score (nSPS) is 15.7. The van der Waals surface area contributed by atoms with Gasteiger partial charge in [0.15, 0.2) is 4.77 Å². The predicted molar refractivity (Wildman–Crippen MR) is 68.2 cm³/mol. The average Bonchev–Trinajstić information content (AvgIpc) is 2.14. The van der Waals surface area contributed by atoms with E-state index in [4.69, 9.17) is 12.2 Å². The number of hydrogen-bond donors (Lipinski definition) is 3. The summed E-state index contributed by atoms with van der Waals surface area (Å²) in [6.45, 7) is 8.23. The van der Waals surface area contributed by atoms with Crippen LogP contribution in [0.2, 0.25) is 0 Å². The summed E-state index contributed by atoms with van der Waals surface area (Å²) in [5, 5.41) is 6.75. The highest BCUT2D eigenvalue weighted by Gasteiger charge is 2.18. The summed E-state index contributed by atoms with van der Waals surface area (Å²) in [5.41, 5.74) is 2.44. The topological polar surface area (TPSA) is 52.7 Å². The summed E-state index contributed by atoms with van der Waals surface area (Å²) < 4.78 is 0.550. The van der Waals surface area contributed by atoms with E-state index in [1.165, 1.54) is 5.56 Å². The molecule has 2 rings (SSSR count). The van der Waals surface area contributed by atoms with Crippen molar-refractivity contribution in [3.05, 3.63) is 16.0 Å². The Morgan fingerprint density at radius 2 is 2.12 bits per heavy atom. The van der Waals surface area contributed by atoms with Crippen LogP contribution in [0, 0.1) is 4.77 Å². The number of nitrogens with one attached hydrogen (secondary N) is 3. The van der Waals surface area contributed by atoms with Gasteiger partial charge in [0.05, 0.1) is 0 Å². The van der Waals surface area contributed by atoms with E-state index in [2.05, 4.69) is 41.4 Å². The van der Waals surface area contributed by atoms with Gasteiger partial charge in [-0.25, -0.2) is 4.98 Å². The van der Waals surface area contributed by atoms with Crippen molar-refractivity contribution in [2.24, 2.45) is 0 Å². The monoisotopic (exact) mass is 238 g/mol. The molecule has 0 aromatic carbocycles. The molecule has 0 aliphatic carbocycles. The number of nitrogens with zero attached hydrogens (tertiary/aromatic N) is 1. The van der Waals surface area contributed by atoms with Crippen LogP contribution < -0.4 is 10.6 Å². The molecule has 16 heavy (non-hydrogen) atoms. The van der Waals surface area contributed by atoms with Gasteiger partial charge in [0.1, 0.15) is 5.82 Å². The van der Waals surface area contributed by atoms with E-state index >= 15 is 0 Å². The standard InChI is InChI=1S/C11H18N4S/c1-11(2,3)15-9-7-4-5-12-6-8(7)13-10(16)14-9/h12H,4-6H2,1-3H3,(H2,13,14,15,16). The average molecular weight is 238 g/mol. The Hall–Kier alpha value is -0.940.